The number of carbonyl (C=O) groups excluding carboxylic acids is 3. The molecule has 0 saturated carbocycles. The molecule has 0 saturated heterocycles. The molecule has 0 fully saturated rings. The predicted molar refractivity (Wildman–Crippen MR) is 142 cm³/mol. The van der Waals surface area contributed by atoms with Crippen molar-refractivity contribution in [3.8, 4) is 11.3 Å². The molecular weight excluding hydrogens is 583 g/mol. The summed E-state index contributed by atoms with van der Waals surface area (Å²) in [4.78, 5) is 40.7. The topological polar surface area (TPSA) is 84.3 Å². The number of aryl methyl sites for hydroxylation is 1. The van der Waals surface area contributed by atoms with Crippen LogP contribution < -0.4 is 5.32 Å². The average molecular weight is 602 g/mol. The van der Waals surface area contributed by atoms with E-state index in [9.17, 15) is 18.8 Å². The van der Waals surface area contributed by atoms with Gasteiger partial charge in [0.2, 0.25) is 0 Å². The highest BCUT2D eigenvalue weighted by Gasteiger charge is 2.37. The van der Waals surface area contributed by atoms with Crippen molar-refractivity contribution in [2.24, 2.45) is 7.05 Å². The van der Waals surface area contributed by atoms with E-state index in [1.54, 1.807) is 60.4 Å². The molecule has 1 aliphatic heterocycles. The maximum atomic E-state index is 13.9. The van der Waals surface area contributed by atoms with Crippen molar-refractivity contribution in [2.75, 3.05) is 6.54 Å². The first-order chi connectivity index (χ1) is 17.7. The van der Waals surface area contributed by atoms with E-state index >= 15 is 0 Å². The molecule has 0 aliphatic carbocycles. The predicted octanol–water partition coefficient (Wildman–Crippen LogP) is 5.34. The summed E-state index contributed by atoms with van der Waals surface area (Å²) < 4.78 is 16.7. The van der Waals surface area contributed by atoms with Gasteiger partial charge in [-0.15, -0.1) is 11.3 Å². The fraction of sp³-hybridized carbons (Fsp3) is 0.154. The molecule has 3 amide bonds. The van der Waals surface area contributed by atoms with Gasteiger partial charge in [-0.3, -0.25) is 24.0 Å². The number of aromatic nitrogens is 2. The van der Waals surface area contributed by atoms with E-state index in [0.29, 0.717) is 31.5 Å². The van der Waals surface area contributed by atoms with Gasteiger partial charge in [0.1, 0.15) is 10.2 Å². The number of rotatable bonds is 7. The number of halogens is 3. The molecule has 1 atom stereocenters. The lowest BCUT2D eigenvalue weighted by Gasteiger charge is -2.24. The third-order valence-corrected chi connectivity index (χ3v) is 7.98. The molecule has 188 valence electrons. The highest BCUT2D eigenvalue weighted by Crippen LogP contribution is 2.38. The molecule has 37 heavy (non-hydrogen) atoms. The SMILES string of the molecule is Cn1ncc(Br)c1-c1cc(C(=O)N[C@@H](Cc2cccc(F)c2)CN2C(=O)c3ccccc3C2=O)sc1Cl. The molecular formula is C26H19BrClFN4O3S. The van der Waals surface area contributed by atoms with Crippen LogP contribution in [0.5, 0.6) is 0 Å². The van der Waals surface area contributed by atoms with Gasteiger partial charge in [0.25, 0.3) is 17.7 Å². The molecule has 0 unspecified atom stereocenters. The molecule has 2 aromatic carbocycles. The summed E-state index contributed by atoms with van der Waals surface area (Å²) in [6, 6.07) is 13.6. The zero-order valence-corrected chi connectivity index (χ0v) is 22.5. The van der Waals surface area contributed by atoms with E-state index < -0.39 is 29.6 Å². The first kappa shape index (κ1) is 25.3. The van der Waals surface area contributed by atoms with Gasteiger partial charge < -0.3 is 5.32 Å². The van der Waals surface area contributed by atoms with Crippen molar-refractivity contribution in [1.29, 1.82) is 0 Å². The highest BCUT2D eigenvalue weighted by molar-refractivity contribution is 9.10. The molecule has 2 aromatic heterocycles. The van der Waals surface area contributed by atoms with Gasteiger partial charge in [0.05, 0.1) is 38.4 Å². The number of imide groups is 1. The van der Waals surface area contributed by atoms with E-state index in [1.165, 1.54) is 12.1 Å². The van der Waals surface area contributed by atoms with Gasteiger partial charge in [-0.2, -0.15) is 5.10 Å². The largest absolute Gasteiger partial charge is 0.346 e. The summed E-state index contributed by atoms with van der Waals surface area (Å²) in [5.41, 5.74) is 2.62. The van der Waals surface area contributed by atoms with Gasteiger partial charge in [-0.05, 0) is 58.2 Å². The summed E-state index contributed by atoms with van der Waals surface area (Å²) in [7, 11) is 1.77. The average Bonchev–Trinajstić information content (AvgIpc) is 3.48. The van der Waals surface area contributed by atoms with Crippen LogP contribution in [-0.4, -0.2) is 45.0 Å². The number of amides is 3. The Bertz CT molecular complexity index is 1500. The van der Waals surface area contributed by atoms with E-state index in [-0.39, 0.29) is 13.0 Å². The lowest BCUT2D eigenvalue weighted by Crippen LogP contribution is -2.46. The maximum Gasteiger partial charge on any atom is 0.261 e. The van der Waals surface area contributed by atoms with Gasteiger partial charge >= 0.3 is 0 Å². The molecule has 11 heteroatoms. The van der Waals surface area contributed by atoms with Crippen LogP contribution in [-0.2, 0) is 13.5 Å². The normalized spacial score (nSPS) is 13.7. The minimum absolute atomic E-state index is 0.0756. The van der Waals surface area contributed by atoms with E-state index in [4.69, 9.17) is 11.6 Å². The fourth-order valence-corrected chi connectivity index (χ4v) is 6.09. The second-order valence-electron chi connectivity index (χ2n) is 8.53. The minimum atomic E-state index is -0.677. The second-order valence-corrected chi connectivity index (χ2v) is 11.0. The third-order valence-electron chi connectivity index (χ3n) is 6.05. The summed E-state index contributed by atoms with van der Waals surface area (Å²) >= 11 is 11.0. The first-order valence-corrected chi connectivity index (χ1v) is 13.2. The number of fused-ring (bicyclic) bond motifs is 1. The van der Waals surface area contributed by atoms with Crippen LogP contribution >= 0.6 is 38.9 Å². The van der Waals surface area contributed by atoms with E-state index in [1.807, 2.05) is 0 Å². The number of nitrogens with one attached hydrogen (secondary N) is 1. The molecule has 7 nitrogen and oxygen atoms in total. The number of nitrogens with zero attached hydrogens (tertiary/aromatic N) is 3. The van der Waals surface area contributed by atoms with Crippen molar-refractivity contribution in [3.05, 3.63) is 97.0 Å². The number of carbonyl (C=O) groups is 3. The highest BCUT2D eigenvalue weighted by atomic mass is 79.9. The van der Waals surface area contributed by atoms with Gasteiger partial charge in [-0.1, -0.05) is 35.9 Å². The summed E-state index contributed by atoms with van der Waals surface area (Å²) in [6.07, 6.45) is 1.84. The molecule has 3 heterocycles. The first-order valence-electron chi connectivity index (χ1n) is 11.2. The van der Waals surface area contributed by atoms with E-state index in [2.05, 4.69) is 26.3 Å². The van der Waals surface area contributed by atoms with Crippen LogP contribution in [0.1, 0.15) is 36.0 Å². The Hall–Kier alpha value is -3.34. The lowest BCUT2D eigenvalue weighted by atomic mass is 10.0. The Balaban J connectivity index is 1.42. The number of hydrogen-bond donors (Lipinski definition) is 1. The Morgan fingerprint density at radius 2 is 1.81 bits per heavy atom. The summed E-state index contributed by atoms with van der Waals surface area (Å²) in [5, 5.41) is 7.12. The molecule has 0 bridgehead atoms. The monoisotopic (exact) mass is 600 g/mol. The third kappa shape index (κ3) is 4.96. The fourth-order valence-electron chi connectivity index (χ4n) is 4.35. The van der Waals surface area contributed by atoms with Crippen LogP contribution in [0.15, 0.2) is 65.3 Å². The van der Waals surface area contributed by atoms with Gasteiger partial charge in [-0.25, -0.2) is 4.39 Å². The Labute approximate surface area is 229 Å². The lowest BCUT2D eigenvalue weighted by molar-refractivity contribution is 0.0629. The van der Waals surface area contributed by atoms with Crippen molar-refractivity contribution < 1.29 is 18.8 Å². The molecule has 0 radical (unpaired) electrons. The van der Waals surface area contributed by atoms with Crippen LogP contribution in [0, 0.1) is 5.82 Å². The Morgan fingerprint density at radius 3 is 2.43 bits per heavy atom. The minimum Gasteiger partial charge on any atom is -0.346 e. The zero-order chi connectivity index (χ0) is 26.3. The van der Waals surface area contributed by atoms with Crippen molar-refractivity contribution in [1.82, 2.24) is 20.0 Å². The molecule has 1 aliphatic rings. The summed E-state index contributed by atoms with van der Waals surface area (Å²) in [6.45, 7) is -0.0756. The number of hydrogen-bond acceptors (Lipinski definition) is 5. The van der Waals surface area contributed by atoms with Crippen molar-refractivity contribution in [3.63, 3.8) is 0 Å². The van der Waals surface area contributed by atoms with Crippen molar-refractivity contribution in [2.45, 2.75) is 12.5 Å². The molecule has 4 aromatic rings. The summed E-state index contributed by atoms with van der Waals surface area (Å²) in [5.74, 6) is -1.70. The van der Waals surface area contributed by atoms with Crippen LogP contribution in [0.25, 0.3) is 11.3 Å². The van der Waals surface area contributed by atoms with Crippen LogP contribution in [0.2, 0.25) is 4.34 Å². The molecule has 1 N–H and O–H groups in total. The van der Waals surface area contributed by atoms with Crippen LogP contribution in [0.3, 0.4) is 0 Å². The molecule has 5 rings (SSSR count). The number of benzene rings is 2. The van der Waals surface area contributed by atoms with Gasteiger partial charge in [0, 0.05) is 19.2 Å². The molecule has 0 spiro atoms. The maximum absolute atomic E-state index is 13.9. The standard InChI is InChI=1S/C26H19BrClFN4O3S/c1-32-22(20(27)12-30-32)19-11-21(37-23(19)28)24(34)31-16(10-14-5-4-6-15(29)9-14)13-33-25(35)17-7-2-3-8-18(17)26(33)36/h2-9,11-12,16H,10,13H2,1H3,(H,31,34)/t16-/m0/s1. The van der Waals surface area contributed by atoms with Crippen molar-refractivity contribution >= 4 is 56.6 Å². The Kier molecular flexibility index (Phi) is 6.98. The quantitative estimate of drug-likeness (QED) is 0.290. The van der Waals surface area contributed by atoms with Crippen LogP contribution in [0.4, 0.5) is 4.39 Å². The van der Waals surface area contributed by atoms with Gasteiger partial charge in [0.15, 0.2) is 0 Å². The zero-order valence-electron chi connectivity index (χ0n) is 19.4. The van der Waals surface area contributed by atoms with E-state index in [0.717, 1.165) is 26.4 Å². The smallest absolute Gasteiger partial charge is 0.261 e. The second kappa shape index (κ2) is 10.2. The number of thiophene rings is 1. The Morgan fingerprint density at radius 1 is 1.11 bits per heavy atom.